The van der Waals surface area contributed by atoms with E-state index in [-0.39, 0.29) is 18.9 Å². The fourth-order valence-electron chi connectivity index (χ4n) is 17.0. The molecule has 1 amide bonds. The highest BCUT2D eigenvalue weighted by Crippen LogP contribution is 2.34. The van der Waals surface area contributed by atoms with Gasteiger partial charge in [-0.2, -0.15) is 0 Å². The summed E-state index contributed by atoms with van der Waals surface area (Å²) in [5.41, 5.74) is 0. The fraction of sp³-hybridized carbons (Fsp3) is 0.909. The van der Waals surface area contributed by atoms with E-state index in [9.17, 15) is 61.0 Å². The average Bonchev–Trinajstić information content (AvgIpc) is 0.777. The van der Waals surface area contributed by atoms with Crippen LogP contribution in [-0.4, -0.2) is 193 Å². The first-order chi connectivity index (χ1) is 57.8. The van der Waals surface area contributed by atoms with Crippen LogP contribution in [0.3, 0.4) is 0 Å². The van der Waals surface area contributed by atoms with Crippen LogP contribution in [0.4, 0.5) is 0 Å². The number of rotatable bonds is 83. The van der Waals surface area contributed by atoms with Crippen molar-refractivity contribution < 1.29 is 89.4 Å². The summed E-state index contributed by atoms with van der Waals surface area (Å²) < 4.78 is 34.6. The van der Waals surface area contributed by atoms with Crippen LogP contribution in [-0.2, 0) is 33.2 Å². The zero-order chi connectivity index (χ0) is 85.2. The Morgan fingerprint density at radius 3 is 0.898 bits per heavy atom. The summed E-state index contributed by atoms with van der Waals surface area (Å²) in [5, 5.41) is 121. The molecule has 0 aromatic heterocycles. The summed E-state index contributed by atoms with van der Waals surface area (Å²) >= 11 is 0. The lowest BCUT2D eigenvalue weighted by atomic mass is 9.96. The summed E-state index contributed by atoms with van der Waals surface area (Å²) in [4.78, 5) is 13.5. The number of aliphatic hydroxyl groups is 11. The van der Waals surface area contributed by atoms with Crippen molar-refractivity contribution in [3.8, 4) is 0 Å². The number of aliphatic hydroxyl groups excluding tert-OH is 11. The molecule has 694 valence electrons. The molecular weight excluding hydrogens is 1490 g/mol. The van der Waals surface area contributed by atoms with Gasteiger partial charge in [0.1, 0.15) is 73.2 Å². The van der Waals surface area contributed by atoms with Crippen molar-refractivity contribution in [3.63, 3.8) is 0 Å². The van der Waals surface area contributed by atoms with Gasteiger partial charge in [0.15, 0.2) is 18.9 Å². The molecule has 17 atom stereocenters. The monoisotopic (exact) mass is 1680 g/mol. The van der Waals surface area contributed by atoms with Crippen molar-refractivity contribution in [2.45, 2.75) is 548 Å². The van der Waals surface area contributed by atoms with E-state index in [4.69, 9.17) is 28.4 Å². The lowest BCUT2D eigenvalue weighted by molar-refractivity contribution is -0.379. The van der Waals surface area contributed by atoms with E-state index in [1.54, 1.807) is 6.08 Å². The van der Waals surface area contributed by atoms with Crippen molar-refractivity contribution in [1.29, 1.82) is 0 Å². The number of hydrogen-bond donors (Lipinski definition) is 12. The number of carbonyl (C=O) groups is 1. The molecule has 0 aliphatic carbocycles. The van der Waals surface area contributed by atoms with Gasteiger partial charge in [-0.05, 0) is 64.2 Å². The second kappa shape index (κ2) is 78.2. The third-order valence-corrected chi connectivity index (χ3v) is 24.8. The molecule has 19 heteroatoms. The quantitative estimate of drug-likeness (QED) is 0.0199. The van der Waals surface area contributed by atoms with Crippen LogP contribution < -0.4 is 5.32 Å². The molecule has 3 rings (SSSR count). The van der Waals surface area contributed by atoms with Crippen molar-refractivity contribution in [1.82, 2.24) is 5.32 Å². The Labute approximate surface area is 720 Å². The summed E-state index contributed by atoms with van der Waals surface area (Å²) in [6.45, 7) is 1.78. The van der Waals surface area contributed by atoms with E-state index in [0.29, 0.717) is 12.8 Å². The number of allylic oxidation sites excluding steroid dienone is 7. The third-order valence-electron chi connectivity index (χ3n) is 24.8. The van der Waals surface area contributed by atoms with Crippen LogP contribution in [0.5, 0.6) is 0 Å². The first kappa shape index (κ1) is 110. The lowest BCUT2D eigenvalue weighted by Gasteiger charge is -2.48. The molecule has 118 heavy (non-hydrogen) atoms. The molecule has 3 saturated heterocycles. The molecule has 0 spiro atoms. The van der Waals surface area contributed by atoms with Gasteiger partial charge < -0.3 is 89.9 Å². The molecule has 17 unspecified atom stereocenters. The maximum Gasteiger partial charge on any atom is 0.220 e. The van der Waals surface area contributed by atoms with Crippen molar-refractivity contribution >= 4 is 5.91 Å². The molecule has 3 heterocycles. The van der Waals surface area contributed by atoms with Crippen LogP contribution >= 0.6 is 0 Å². The largest absolute Gasteiger partial charge is 0.394 e. The van der Waals surface area contributed by atoms with E-state index in [1.165, 1.54) is 366 Å². The summed E-state index contributed by atoms with van der Waals surface area (Å²) in [5.74, 6) is -0.276. The second-order valence-corrected chi connectivity index (χ2v) is 35.6. The molecule has 3 fully saturated rings. The number of nitrogens with one attached hydrogen (secondary N) is 1. The number of amides is 1. The molecule has 12 N–H and O–H groups in total. The van der Waals surface area contributed by atoms with Gasteiger partial charge in [0, 0.05) is 6.42 Å². The molecule has 3 aliphatic heterocycles. The fourth-order valence-corrected chi connectivity index (χ4v) is 17.0. The van der Waals surface area contributed by atoms with E-state index in [1.807, 2.05) is 6.08 Å². The predicted octanol–water partition coefficient (Wildman–Crippen LogP) is 20.7. The highest BCUT2D eigenvalue weighted by molar-refractivity contribution is 5.76. The minimum Gasteiger partial charge on any atom is -0.394 e. The smallest absolute Gasteiger partial charge is 0.220 e. The Balaban J connectivity index is 1.28. The Morgan fingerprint density at radius 1 is 0.305 bits per heavy atom. The van der Waals surface area contributed by atoms with Gasteiger partial charge in [-0.25, -0.2) is 0 Å². The molecule has 0 bridgehead atoms. The van der Waals surface area contributed by atoms with Crippen LogP contribution in [0.2, 0.25) is 0 Å². The molecule has 0 aromatic rings. The van der Waals surface area contributed by atoms with Gasteiger partial charge in [0.25, 0.3) is 0 Å². The molecule has 0 saturated carbocycles. The molecule has 0 radical (unpaired) electrons. The topological polar surface area (TPSA) is 307 Å². The summed E-state index contributed by atoms with van der Waals surface area (Å²) in [6.07, 6.45) is 77.4. The second-order valence-electron chi connectivity index (χ2n) is 35.6. The van der Waals surface area contributed by atoms with Crippen LogP contribution in [0.1, 0.15) is 444 Å². The van der Waals surface area contributed by atoms with Crippen molar-refractivity contribution in [3.05, 3.63) is 48.6 Å². The number of ether oxygens (including phenoxy) is 6. The predicted molar refractivity (Wildman–Crippen MR) is 480 cm³/mol. The van der Waals surface area contributed by atoms with Crippen LogP contribution in [0, 0.1) is 0 Å². The summed E-state index contributed by atoms with van der Waals surface area (Å²) in [6, 6.07) is -0.992. The first-order valence-electron chi connectivity index (χ1n) is 49.9. The normalized spacial score (nSPS) is 24.4. The first-order valence-corrected chi connectivity index (χ1v) is 49.9. The van der Waals surface area contributed by atoms with Crippen molar-refractivity contribution in [2.75, 3.05) is 26.4 Å². The SMILES string of the molecule is CCCCCCC/C=C\C/C=C\CCCCCCCCCCCCCCCCCCCCCCCCCCCCCCCC(=O)NC(COC1OC(CO)C(OC2OC(CO)C(OC3OC(CO)C(O)C(O)C3O)C(O)C2O)C(O)C1O)C(O)/C=C/CC/C=C/CCCCCCCCCCCCCCCCCCCCCCCCCCCC. The van der Waals surface area contributed by atoms with E-state index in [2.05, 4.69) is 55.6 Å². The summed E-state index contributed by atoms with van der Waals surface area (Å²) in [7, 11) is 0. The van der Waals surface area contributed by atoms with Gasteiger partial charge in [-0.1, -0.05) is 422 Å². The zero-order valence-corrected chi connectivity index (χ0v) is 75.4. The molecule has 3 aliphatic rings. The van der Waals surface area contributed by atoms with Crippen LogP contribution in [0.15, 0.2) is 48.6 Å². The van der Waals surface area contributed by atoms with Crippen LogP contribution in [0.25, 0.3) is 0 Å². The Bertz CT molecular complexity index is 2310. The number of carbonyl (C=O) groups excluding carboxylic acids is 1. The van der Waals surface area contributed by atoms with Gasteiger partial charge in [0.2, 0.25) is 5.91 Å². The maximum absolute atomic E-state index is 13.5. The van der Waals surface area contributed by atoms with Gasteiger partial charge in [0.05, 0.1) is 38.6 Å². The van der Waals surface area contributed by atoms with E-state index >= 15 is 0 Å². The highest BCUT2D eigenvalue weighted by Gasteiger charge is 2.54. The van der Waals surface area contributed by atoms with E-state index < -0.39 is 124 Å². The molecule has 0 aromatic carbocycles. The van der Waals surface area contributed by atoms with E-state index in [0.717, 1.165) is 44.9 Å². The van der Waals surface area contributed by atoms with Crippen molar-refractivity contribution in [2.24, 2.45) is 0 Å². The Kier molecular flexibility index (Phi) is 72.9. The number of hydrogen-bond acceptors (Lipinski definition) is 18. The maximum atomic E-state index is 13.5. The zero-order valence-electron chi connectivity index (χ0n) is 75.4. The highest BCUT2D eigenvalue weighted by atomic mass is 16.8. The molecule has 19 nitrogen and oxygen atoms in total. The minimum absolute atomic E-state index is 0.240. The van der Waals surface area contributed by atoms with Gasteiger partial charge >= 0.3 is 0 Å². The number of unbranched alkanes of at least 4 members (excludes halogenated alkanes) is 61. The third kappa shape index (κ3) is 55.3. The standard InChI is InChI=1S/C99H185NO18/c1-3-5-7-9-11-13-15-17-19-21-23-25-27-29-31-33-35-37-38-39-40-41-42-43-44-45-47-49-51-53-55-57-59-61-63-65-67-69-71-73-75-77-87(105)100-82(83(104)76-74-72-70-68-66-64-62-60-58-56-54-52-50-48-46-36-34-32-30-28-26-24-22-20-18-16-14-12-10-8-6-4-2)81-113-97-93(111)90(108)95(85(79-102)115-97)118-99-94(112)91(109)96(86(80-103)116-99)117-98-92(110)89(107)88(106)84(78-101)114-98/h15,17,21,23,66,68,74,76,82-86,88-99,101-104,106-112H,3-14,16,18-20,22,24-65,67,69-73,75,77-81H2,1-2H3,(H,100,105)/b17-15-,23-21-,68-66+,76-74+. The Hall–Kier alpha value is -2.25. The molecular formula is C99H185NO18. The van der Waals surface area contributed by atoms with Gasteiger partial charge in [-0.15, -0.1) is 0 Å². The Morgan fingerprint density at radius 2 is 0.568 bits per heavy atom. The van der Waals surface area contributed by atoms with Gasteiger partial charge in [-0.3, -0.25) is 4.79 Å². The average molecular weight is 1680 g/mol. The lowest BCUT2D eigenvalue weighted by Crippen LogP contribution is -2.66. The minimum atomic E-state index is -1.98.